The van der Waals surface area contributed by atoms with Gasteiger partial charge in [0.1, 0.15) is 5.69 Å². The minimum absolute atomic E-state index is 0.248. The van der Waals surface area contributed by atoms with Crippen LogP contribution in [0.3, 0.4) is 0 Å². The minimum Gasteiger partial charge on any atom is -0.463 e. The molecule has 0 saturated heterocycles. The molecule has 0 atom stereocenters. The summed E-state index contributed by atoms with van der Waals surface area (Å²) in [4.78, 5) is 18.0. The van der Waals surface area contributed by atoms with Crippen LogP contribution in [0.25, 0.3) is 33.9 Å². The van der Waals surface area contributed by atoms with Gasteiger partial charge in [0.2, 0.25) is 0 Å². The van der Waals surface area contributed by atoms with Crippen molar-refractivity contribution in [1.82, 2.24) is 35.0 Å². The van der Waals surface area contributed by atoms with Crippen LogP contribution in [-0.4, -0.2) is 40.9 Å². The molecule has 1 aliphatic carbocycles. The van der Waals surface area contributed by atoms with Crippen molar-refractivity contribution < 1.29 is 9.21 Å². The number of furan rings is 1. The van der Waals surface area contributed by atoms with Gasteiger partial charge in [-0.15, -0.1) is 5.10 Å². The van der Waals surface area contributed by atoms with Crippen LogP contribution in [0, 0.1) is 6.92 Å². The molecule has 5 aromatic rings. The quantitative estimate of drug-likeness (QED) is 0.442. The van der Waals surface area contributed by atoms with Crippen LogP contribution in [-0.2, 0) is 7.05 Å². The zero-order valence-electron chi connectivity index (χ0n) is 18.1. The smallest absolute Gasteiger partial charge is 0.256 e. The molecule has 1 amide bonds. The number of rotatable bonds is 5. The Morgan fingerprint density at radius 2 is 2.00 bits per heavy atom. The van der Waals surface area contributed by atoms with Crippen molar-refractivity contribution in [3.8, 4) is 22.8 Å². The normalized spacial score (nSPS) is 13.5. The first kappa shape index (κ1) is 19.4. The van der Waals surface area contributed by atoms with Gasteiger partial charge in [-0.05, 0) is 72.7 Å². The van der Waals surface area contributed by atoms with E-state index in [-0.39, 0.29) is 5.91 Å². The van der Waals surface area contributed by atoms with Gasteiger partial charge < -0.3 is 9.73 Å². The highest BCUT2D eigenvalue weighted by Crippen LogP contribution is 2.36. The summed E-state index contributed by atoms with van der Waals surface area (Å²) < 4.78 is 9.04. The van der Waals surface area contributed by atoms with Crippen LogP contribution in [0.1, 0.15) is 34.9 Å². The summed E-state index contributed by atoms with van der Waals surface area (Å²) in [5.74, 6) is 1.07. The number of pyridine rings is 1. The Hall–Kier alpha value is -4.34. The maximum absolute atomic E-state index is 13.3. The highest BCUT2D eigenvalue weighted by molar-refractivity contribution is 6.13. The van der Waals surface area contributed by atoms with Gasteiger partial charge in [0.05, 0.1) is 28.9 Å². The molecule has 0 unspecified atom stereocenters. The number of aromatic nitrogens is 7. The fourth-order valence-electron chi connectivity index (χ4n) is 4.02. The summed E-state index contributed by atoms with van der Waals surface area (Å²) in [7, 11) is 1.81. The molecule has 1 aromatic carbocycles. The molecule has 1 aliphatic rings. The lowest BCUT2D eigenvalue weighted by Gasteiger charge is -2.09. The van der Waals surface area contributed by atoms with Crippen LogP contribution < -0.4 is 5.32 Å². The summed E-state index contributed by atoms with van der Waals surface area (Å²) >= 11 is 0. The minimum atomic E-state index is -0.248. The van der Waals surface area contributed by atoms with E-state index in [1.165, 1.54) is 0 Å². The van der Waals surface area contributed by atoms with E-state index in [0.717, 1.165) is 29.9 Å². The highest BCUT2D eigenvalue weighted by atomic mass is 16.3. The second-order valence-corrected chi connectivity index (χ2v) is 8.15. The first-order valence-corrected chi connectivity index (χ1v) is 10.7. The number of nitrogens with one attached hydrogen (secondary N) is 1. The Morgan fingerprint density at radius 3 is 2.73 bits per heavy atom. The highest BCUT2D eigenvalue weighted by Gasteiger charge is 2.28. The summed E-state index contributed by atoms with van der Waals surface area (Å²) in [6, 6.07) is 13.2. The summed E-state index contributed by atoms with van der Waals surface area (Å²) in [6.45, 7) is 1.87. The van der Waals surface area contributed by atoms with Crippen LogP contribution in [0.15, 0.2) is 53.1 Å². The summed E-state index contributed by atoms with van der Waals surface area (Å²) in [5.41, 5.74) is 3.98. The fourth-order valence-corrected chi connectivity index (χ4v) is 4.02. The number of hydrogen-bond acceptors (Lipinski definition) is 7. The maximum atomic E-state index is 13.3. The van der Waals surface area contributed by atoms with Gasteiger partial charge in [-0.1, -0.05) is 0 Å². The topological polar surface area (TPSA) is 117 Å². The average molecular weight is 440 g/mol. The number of nitrogens with zero attached hydrogens (tertiary/aromatic N) is 7. The molecule has 0 spiro atoms. The van der Waals surface area contributed by atoms with Crippen molar-refractivity contribution in [2.75, 3.05) is 5.32 Å². The third kappa shape index (κ3) is 3.36. The second kappa shape index (κ2) is 7.37. The van der Waals surface area contributed by atoms with E-state index in [4.69, 9.17) is 4.42 Å². The molecule has 0 radical (unpaired) electrons. The maximum Gasteiger partial charge on any atom is 0.256 e. The summed E-state index contributed by atoms with van der Waals surface area (Å²) in [6.07, 6.45) is 3.78. The molecule has 4 aromatic heterocycles. The van der Waals surface area contributed by atoms with Crippen LogP contribution in [0.4, 0.5) is 5.69 Å². The van der Waals surface area contributed by atoms with Crippen molar-refractivity contribution in [1.29, 1.82) is 0 Å². The molecule has 6 rings (SSSR count). The predicted molar refractivity (Wildman–Crippen MR) is 120 cm³/mol. The third-order valence-electron chi connectivity index (χ3n) is 5.77. The van der Waals surface area contributed by atoms with Gasteiger partial charge in [0.25, 0.3) is 5.91 Å². The van der Waals surface area contributed by atoms with Crippen LogP contribution >= 0.6 is 0 Å². The van der Waals surface area contributed by atoms with E-state index in [2.05, 4.69) is 30.9 Å². The van der Waals surface area contributed by atoms with Crippen LogP contribution in [0.2, 0.25) is 0 Å². The Morgan fingerprint density at radius 1 is 1.18 bits per heavy atom. The number of anilines is 1. The number of hydrogen-bond donors (Lipinski definition) is 1. The lowest BCUT2D eigenvalue weighted by atomic mass is 10.1. The van der Waals surface area contributed by atoms with E-state index in [1.807, 2.05) is 49.0 Å². The van der Waals surface area contributed by atoms with E-state index in [1.54, 1.807) is 23.1 Å². The lowest BCUT2D eigenvalue weighted by Crippen LogP contribution is -2.13. The van der Waals surface area contributed by atoms with Crippen molar-refractivity contribution in [2.45, 2.75) is 25.8 Å². The molecule has 4 heterocycles. The molecule has 0 aliphatic heterocycles. The average Bonchev–Trinajstić information content (AvgIpc) is 3.21. The van der Waals surface area contributed by atoms with Gasteiger partial charge in [-0.3, -0.25) is 9.48 Å². The lowest BCUT2D eigenvalue weighted by molar-refractivity contribution is 0.102. The Labute approximate surface area is 188 Å². The van der Waals surface area contributed by atoms with Gasteiger partial charge in [-0.2, -0.15) is 5.10 Å². The first-order chi connectivity index (χ1) is 16.1. The van der Waals surface area contributed by atoms with Gasteiger partial charge in [0, 0.05) is 18.3 Å². The number of fused-ring (bicyclic) bond motifs is 1. The van der Waals surface area contributed by atoms with Crippen LogP contribution in [0.5, 0.6) is 0 Å². The van der Waals surface area contributed by atoms with Gasteiger partial charge in [0.15, 0.2) is 17.2 Å². The second-order valence-electron chi connectivity index (χ2n) is 8.15. The third-order valence-corrected chi connectivity index (χ3v) is 5.77. The number of carbonyl (C=O) groups is 1. The van der Waals surface area contributed by atoms with Gasteiger partial charge >= 0.3 is 0 Å². The Kier molecular flexibility index (Phi) is 4.32. The Bertz CT molecular complexity index is 1480. The van der Waals surface area contributed by atoms with Crippen molar-refractivity contribution in [2.24, 2.45) is 7.05 Å². The predicted octanol–water partition coefficient (Wildman–Crippen LogP) is 3.78. The molecule has 164 valence electrons. The molecule has 1 saturated carbocycles. The van der Waals surface area contributed by atoms with E-state index in [9.17, 15) is 4.79 Å². The van der Waals surface area contributed by atoms with E-state index < -0.39 is 0 Å². The monoisotopic (exact) mass is 440 g/mol. The van der Waals surface area contributed by atoms with Gasteiger partial charge in [-0.25, -0.2) is 9.67 Å². The summed E-state index contributed by atoms with van der Waals surface area (Å²) in [5, 5.41) is 20.2. The molecule has 1 fully saturated rings. The standard InChI is InChI=1S/C23H20N8O2/c1-13-20-17(12-18(19-4-3-11-33-19)25-22(20)30(2)27-13)23(32)24-15-7-5-14(6-8-15)21-26-28-29-31(21)16-9-10-16/h3-8,11-12,16H,9-10H2,1-2H3,(H,24,32). The first-order valence-electron chi connectivity index (χ1n) is 10.7. The largest absolute Gasteiger partial charge is 0.463 e. The van der Waals surface area contributed by atoms with E-state index >= 15 is 0 Å². The number of benzene rings is 1. The zero-order valence-corrected chi connectivity index (χ0v) is 18.1. The molecule has 10 heteroatoms. The van der Waals surface area contributed by atoms with Crippen molar-refractivity contribution in [3.63, 3.8) is 0 Å². The van der Waals surface area contributed by atoms with E-state index in [0.29, 0.717) is 39.8 Å². The number of carbonyl (C=O) groups excluding carboxylic acids is 1. The molecule has 10 nitrogen and oxygen atoms in total. The Balaban J connectivity index is 1.33. The fraction of sp³-hybridized carbons (Fsp3) is 0.217. The van der Waals surface area contributed by atoms with Crippen molar-refractivity contribution >= 4 is 22.6 Å². The zero-order chi connectivity index (χ0) is 22.5. The molecule has 33 heavy (non-hydrogen) atoms. The van der Waals surface area contributed by atoms with Crippen molar-refractivity contribution in [3.05, 3.63) is 60.0 Å². The number of tetrazole rings is 1. The molecular weight excluding hydrogens is 420 g/mol. The number of aryl methyl sites for hydroxylation is 2. The number of amides is 1. The molecule has 1 N–H and O–H groups in total. The molecule has 0 bridgehead atoms. The SMILES string of the molecule is Cc1nn(C)c2nc(-c3ccco3)cc(C(=O)Nc3ccc(-c4nnnn4C4CC4)cc3)c12. The molecular formula is C23H20N8O2.